The number of fused-ring (bicyclic) bond motifs is 1. The van der Waals surface area contributed by atoms with Crippen LogP contribution in [0.3, 0.4) is 0 Å². The fourth-order valence-corrected chi connectivity index (χ4v) is 3.62. The minimum atomic E-state index is -2.00. The maximum absolute atomic E-state index is 12.9. The molecule has 1 unspecified atom stereocenters. The van der Waals surface area contributed by atoms with E-state index in [9.17, 15) is 14.2 Å². The molecule has 2 aromatic heterocycles. The predicted molar refractivity (Wildman–Crippen MR) is 106 cm³/mol. The van der Waals surface area contributed by atoms with Gasteiger partial charge in [0.1, 0.15) is 16.6 Å². The minimum Gasteiger partial charge on any atom is -0.444 e. The summed E-state index contributed by atoms with van der Waals surface area (Å²) in [5.74, 6) is 0. The zero-order chi connectivity index (χ0) is 21.2. The first kappa shape index (κ1) is 21.2. The first-order chi connectivity index (χ1) is 13.7. The normalized spacial score (nSPS) is 19.7. The molecule has 0 radical (unpaired) electrons. The number of carbonyl (C=O) groups excluding carboxylic acids is 1. The van der Waals surface area contributed by atoms with Crippen LogP contribution in [-0.2, 0) is 18.6 Å². The maximum atomic E-state index is 12.9. The SMILES string of the molecule is CCO[P+](=O)CO[C@@H]1C=C[C@H](c2c[nH]c3c(=O)[nH]cnc23)N1C(=O)OC(C)(C)C. The van der Waals surface area contributed by atoms with Gasteiger partial charge >= 0.3 is 14.1 Å². The molecule has 10 nitrogen and oxygen atoms in total. The summed E-state index contributed by atoms with van der Waals surface area (Å²) in [5.41, 5.74) is 0.338. The van der Waals surface area contributed by atoms with Crippen molar-refractivity contribution in [1.82, 2.24) is 19.9 Å². The Bertz CT molecular complexity index is 992. The Hall–Kier alpha value is -2.55. The third-order valence-corrected chi connectivity index (χ3v) is 4.98. The highest BCUT2D eigenvalue weighted by molar-refractivity contribution is 7.38. The number of carbonyl (C=O) groups is 1. The van der Waals surface area contributed by atoms with Gasteiger partial charge in [0.2, 0.25) is 0 Å². The van der Waals surface area contributed by atoms with E-state index in [1.54, 1.807) is 46.0 Å². The molecule has 3 heterocycles. The number of hydrogen-bond donors (Lipinski definition) is 2. The standard InChI is InChI=1S/C18H23N4O6P/c1-5-27-29(25)10-26-13-7-6-12(22(13)17(24)28-18(2,3)4)11-8-19-15-14(11)20-9-21-16(15)23/h6-9,12-13H,5,10H2,1-4H3,(H-,19,20,21,23)/p+1/t12-,13-/m1/s1. The Labute approximate surface area is 168 Å². The second-order valence-corrected chi connectivity index (χ2v) is 8.54. The van der Waals surface area contributed by atoms with E-state index in [-0.39, 0.29) is 11.9 Å². The Kier molecular flexibility index (Phi) is 6.16. The van der Waals surface area contributed by atoms with Crippen molar-refractivity contribution < 1.29 is 23.4 Å². The molecule has 11 heteroatoms. The van der Waals surface area contributed by atoms with Crippen LogP contribution >= 0.6 is 8.03 Å². The Balaban J connectivity index is 1.91. The lowest BCUT2D eigenvalue weighted by Crippen LogP contribution is -2.42. The summed E-state index contributed by atoms with van der Waals surface area (Å²) >= 11 is 0. The first-order valence-corrected chi connectivity index (χ1v) is 10.5. The van der Waals surface area contributed by atoms with Gasteiger partial charge < -0.3 is 19.4 Å². The molecule has 2 N–H and O–H groups in total. The molecule has 2 aromatic rings. The Morgan fingerprint density at radius 2 is 2.07 bits per heavy atom. The number of ether oxygens (including phenoxy) is 2. The van der Waals surface area contributed by atoms with Crippen LogP contribution in [0.2, 0.25) is 0 Å². The predicted octanol–water partition coefficient (Wildman–Crippen LogP) is 3.18. The van der Waals surface area contributed by atoms with Crippen LogP contribution in [0.15, 0.2) is 29.5 Å². The Morgan fingerprint density at radius 1 is 1.31 bits per heavy atom. The van der Waals surface area contributed by atoms with Crippen molar-refractivity contribution in [2.45, 2.75) is 45.6 Å². The van der Waals surface area contributed by atoms with Crippen LogP contribution in [0.1, 0.15) is 39.3 Å². The molecule has 0 aromatic carbocycles. The highest BCUT2D eigenvalue weighted by Crippen LogP contribution is 2.36. The monoisotopic (exact) mass is 423 g/mol. The van der Waals surface area contributed by atoms with Crippen molar-refractivity contribution >= 4 is 25.2 Å². The van der Waals surface area contributed by atoms with E-state index in [2.05, 4.69) is 15.0 Å². The lowest BCUT2D eigenvalue weighted by atomic mass is 10.1. The van der Waals surface area contributed by atoms with E-state index in [4.69, 9.17) is 14.0 Å². The van der Waals surface area contributed by atoms with Crippen molar-refractivity contribution in [1.29, 1.82) is 0 Å². The molecule has 0 fully saturated rings. The first-order valence-electron chi connectivity index (χ1n) is 9.14. The Morgan fingerprint density at radius 3 is 2.76 bits per heavy atom. The minimum absolute atomic E-state index is 0.171. The zero-order valence-electron chi connectivity index (χ0n) is 16.7. The van der Waals surface area contributed by atoms with Crippen LogP contribution in [0, 0.1) is 0 Å². The smallest absolute Gasteiger partial charge is 0.444 e. The number of aromatic nitrogens is 3. The summed E-state index contributed by atoms with van der Waals surface area (Å²) in [4.78, 5) is 35.9. The maximum Gasteiger partial charge on any atom is 0.537 e. The number of nitrogens with zero attached hydrogens (tertiary/aromatic N) is 2. The molecule has 1 aliphatic rings. The van der Waals surface area contributed by atoms with Crippen LogP contribution in [0.25, 0.3) is 11.0 Å². The molecule has 1 aliphatic heterocycles. The van der Waals surface area contributed by atoms with Gasteiger partial charge in [-0.2, -0.15) is 0 Å². The lowest BCUT2D eigenvalue weighted by Gasteiger charge is -2.31. The van der Waals surface area contributed by atoms with Crippen molar-refractivity contribution in [3.63, 3.8) is 0 Å². The van der Waals surface area contributed by atoms with Crippen molar-refractivity contribution in [2.24, 2.45) is 0 Å². The second-order valence-electron chi connectivity index (χ2n) is 7.35. The molecule has 3 atom stereocenters. The molecule has 3 rings (SSSR count). The van der Waals surface area contributed by atoms with Gasteiger partial charge in [0, 0.05) is 11.8 Å². The zero-order valence-corrected chi connectivity index (χ0v) is 17.6. The van der Waals surface area contributed by atoms with Gasteiger partial charge in [0.15, 0.2) is 6.23 Å². The lowest BCUT2D eigenvalue weighted by molar-refractivity contribution is -0.0374. The summed E-state index contributed by atoms with van der Waals surface area (Å²) in [5, 5.41) is 0. The van der Waals surface area contributed by atoms with Gasteiger partial charge in [-0.1, -0.05) is 6.08 Å². The van der Waals surface area contributed by atoms with Crippen molar-refractivity contribution in [3.8, 4) is 0 Å². The van der Waals surface area contributed by atoms with E-state index in [1.807, 2.05) is 0 Å². The molecular formula is C18H24N4O6P+. The molecule has 0 saturated carbocycles. The summed E-state index contributed by atoms with van der Waals surface area (Å²) in [7, 11) is -2.00. The largest absolute Gasteiger partial charge is 0.537 e. The van der Waals surface area contributed by atoms with Gasteiger partial charge in [-0.15, -0.1) is 4.52 Å². The summed E-state index contributed by atoms with van der Waals surface area (Å²) < 4.78 is 28.0. The van der Waals surface area contributed by atoms with Gasteiger partial charge in [-0.05, 0) is 38.3 Å². The number of rotatable bonds is 6. The van der Waals surface area contributed by atoms with Crippen molar-refractivity contribution in [3.05, 3.63) is 40.6 Å². The van der Waals surface area contributed by atoms with E-state index in [1.165, 1.54) is 11.2 Å². The average Bonchev–Trinajstić information content (AvgIpc) is 3.23. The van der Waals surface area contributed by atoms with E-state index < -0.39 is 32.0 Å². The van der Waals surface area contributed by atoms with Gasteiger partial charge in [0.05, 0.1) is 19.0 Å². The molecule has 156 valence electrons. The number of nitrogens with one attached hydrogen (secondary N) is 2. The highest BCUT2D eigenvalue weighted by atomic mass is 31.1. The average molecular weight is 423 g/mol. The fraction of sp³-hybridized carbons (Fsp3) is 0.500. The van der Waals surface area contributed by atoms with E-state index in [0.29, 0.717) is 23.2 Å². The van der Waals surface area contributed by atoms with Crippen LogP contribution in [0.5, 0.6) is 0 Å². The molecule has 0 spiro atoms. The number of H-pyrrole nitrogens is 2. The highest BCUT2D eigenvalue weighted by Gasteiger charge is 2.40. The summed E-state index contributed by atoms with van der Waals surface area (Å²) in [6.07, 6.45) is 4.78. The van der Waals surface area contributed by atoms with Crippen LogP contribution in [-0.4, -0.2) is 50.7 Å². The number of aromatic amines is 2. The van der Waals surface area contributed by atoms with E-state index >= 15 is 0 Å². The van der Waals surface area contributed by atoms with Crippen LogP contribution < -0.4 is 5.56 Å². The second kappa shape index (κ2) is 8.44. The third-order valence-electron chi connectivity index (χ3n) is 4.08. The quantitative estimate of drug-likeness (QED) is 0.540. The number of amides is 1. The molecule has 1 amide bonds. The summed E-state index contributed by atoms with van der Waals surface area (Å²) in [6.45, 7) is 7.32. The molecular weight excluding hydrogens is 399 g/mol. The van der Waals surface area contributed by atoms with E-state index in [0.717, 1.165) is 0 Å². The topological polar surface area (TPSA) is 127 Å². The summed E-state index contributed by atoms with van der Waals surface area (Å²) in [6, 6.07) is -0.581. The molecule has 0 bridgehead atoms. The molecule has 0 aliphatic carbocycles. The molecule has 0 saturated heterocycles. The van der Waals surface area contributed by atoms with Gasteiger partial charge in [-0.25, -0.2) is 9.78 Å². The van der Waals surface area contributed by atoms with Crippen LogP contribution in [0.4, 0.5) is 4.79 Å². The number of hydrogen-bond acceptors (Lipinski definition) is 7. The fourth-order valence-electron chi connectivity index (χ4n) is 2.98. The van der Waals surface area contributed by atoms with Crippen molar-refractivity contribution in [2.75, 3.05) is 13.0 Å². The molecule has 29 heavy (non-hydrogen) atoms. The van der Waals surface area contributed by atoms with Gasteiger partial charge in [-0.3, -0.25) is 9.69 Å². The van der Waals surface area contributed by atoms with Gasteiger partial charge in [0.25, 0.3) is 11.9 Å². The third kappa shape index (κ3) is 4.72.